The van der Waals surface area contributed by atoms with Crippen LogP contribution >= 0.6 is 0 Å². The number of aliphatic hydroxyl groups excluding tert-OH is 5. The molecule has 1 rings (SSSR count). The van der Waals surface area contributed by atoms with Crippen molar-refractivity contribution in [3.63, 3.8) is 0 Å². The fourth-order valence-electron chi connectivity index (χ4n) is 2.72. The Morgan fingerprint density at radius 3 is 1.47 bits per heavy atom. The lowest BCUT2D eigenvalue weighted by Crippen LogP contribution is -2.73. The van der Waals surface area contributed by atoms with Crippen molar-refractivity contribution in [3.8, 4) is 0 Å². The summed E-state index contributed by atoms with van der Waals surface area (Å²) in [5, 5.41) is 58.7. The minimum absolute atomic E-state index is 0.469. The Morgan fingerprint density at radius 2 is 1.18 bits per heavy atom. The van der Waals surface area contributed by atoms with Gasteiger partial charge < -0.3 is 30.6 Å². The van der Waals surface area contributed by atoms with Crippen LogP contribution in [0.1, 0.15) is 26.7 Å². The van der Waals surface area contributed by atoms with Crippen molar-refractivity contribution >= 4 is 0 Å². The summed E-state index contributed by atoms with van der Waals surface area (Å²) in [6, 6.07) is 0. The van der Waals surface area contributed by atoms with Crippen LogP contribution in [-0.4, -0.2) is 66.8 Å². The maximum Gasteiger partial charge on any atom is 0.124 e. The Bertz CT molecular complexity index is 238. The molecule has 6 N–H and O–H groups in total. The van der Waals surface area contributed by atoms with Crippen LogP contribution in [-0.2, 0) is 0 Å². The second-order valence-electron chi connectivity index (χ2n) is 4.76. The van der Waals surface area contributed by atoms with Crippen LogP contribution in [0.2, 0.25) is 0 Å². The Morgan fingerprint density at radius 1 is 0.824 bits per heavy atom. The predicted octanol–water partition coefficient (Wildman–Crippen LogP) is -2.03. The zero-order valence-corrected chi connectivity index (χ0v) is 10.1. The molecule has 0 bridgehead atoms. The Kier molecular flexibility index (Phi) is 4.51. The van der Waals surface area contributed by atoms with E-state index in [-0.39, 0.29) is 0 Å². The van der Waals surface area contributed by atoms with Crippen LogP contribution in [0.5, 0.6) is 0 Å². The van der Waals surface area contributed by atoms with E-state index in [2.05, 4.69) is 0 Å². The maximum atomic E-state index is 10.4. The highest BCUT2D eigenvalue weighted by molar-refractivity contribution is 5.10. The molecule has 1 aliphatic carbocycles. The Hall–Kier alpha value is -0.240. The summed E-state index contributed by atoms with van der Waals surface area (Å²) in [4.78, 5) is 0. The molecule has 2 unspecified atom stereocenters. The highest BCUT2D eigenvalue weighted by atomic mass is 16.4. The lowest BCUT2D eigenvalue weighted by Gasteiger charge is -2.51. The van der Waals surface area contributed by atoms with Crippen LogP contribution in [0.4, 0.5) is 0 Å². The summed E-state index contributed by atoms with van der Waals surface area (Å²) < 4.78 is 0. The molecule has 0 radical (unpaired) electrons. The quantitative estimate of drug-likeness (QED) is 0.343. The zero-order valence-electron chi connectivity index (χ0n) is 10.1. The minimum atomic E-state index is -2.01. The molecule has 102 valence electrons. The zero-order chi connectivity index (χ0) is 13.4. The van der Waals surface area contributed by atoms with Crippen molar-refractivity contribution in [1.82, 2.24) is 0 Å². The van der Waals surface area contributed by atoms with Gasteiger partial charge in [0, 0.05) is 0 Å². The first kappa shape index (κ1) is 14.8. The number of hydrogen-bond acceptors (Lipinski definition) is 6. The fourth-order valence-corrected chi connectivity index (χ4v) is 2.72. The summed E-state index contributed by atoms with van der Waals surface area (Å²) in [5.74, 6) is -0.482. The SMILES string of the molecule is CCC(CC)C1(O)[C@H](O)[C@H](O)C(O)[C@H](O)[C@H]1O. The van der Waals surface area contributed by atoms with Gasteiger partial charge in [0.1, 0.15) is 36.1 Å². The largest absolute Gasteiger partial charge is 0.387 e. The Labute approximate surface area is 100 Å². The van der Waals surface area contributed by atoms with Gasteiger partial charge in [0.05, 0.1) is 0 Å². The van der Waals surface area contributed by atoms with Gasteiger partial charge in [0.2, 0.25) is 0 Å². The van der Waals surface area contributed by atoms with E-state index in [1.165, 1.54) is 0 Å². The summed E-state index contributed by atoms with van der Waals surface area (Å²) in [5.41, 5.74) is -2.01. The third kappa shape index (κ3) is 2.09. The molecule has 0 aromatic rings. The third-order valence-electron chi connectivity index (χ3n) is 3.93. The lowest BCUT2D eigenvalue weighted by molar-refractivity contribution is -0.284. The molecule has 0 aromatic carbocycles. The summed E-state index contributed by atoms with van der Waals surface area (Å²) in [6.45, 7) is 3.55. The molecular weight excluding hydrogens is 228 g/mol. The maximum absolute atomic E-state index is 10.4. The van der Waals surface area contributed by atoms with Gasteiger partial charge >= 0.3 is 0 Å². The predicted molar refractivity (Wildman–Crippen MR) is 59.1 cm³/mol. The molecular formula is C11H22O6. The van der Waals surface area contributed by atoms with E-state index in [1.54, 1.807) is 13.8 Å². The van der Waals surface area contributed by atoms with Gasteiger partial charge in [-0.1, -0.05) is 26.7 Å². The molecule has 0 heterocycles. The molecule has 0 aromatic heterocycles. The molecule has 6 atom stereocenters. The summed E-state index contributed by atoms with van der Waals surface area (Å²) >= 11 is 0. The van der Waals surface area contributed by atoms with Crippen LogP contribution < -0.4 is 0 Å². The van der Waals surface area contributed by atoms with Gasteiger partial charge in [0.25, 0.3) is 0 Å². The molecule has 1 aliphatic rings. The van der Waals surface area contributed by atoms with Crippen molar-refractivity contribution in [2.75, 3.05) is 0 Å². The third-order valence-corrected chi connectivity index (χ3v) is 3.93. The second-order valence-corrected chi connectivity index (χ2v) is 4.76. The van der Waals surface area contributed by atoms with E-state index in [4.69, 9.17) is 0 Å². The molecule has 1 fully saturated rings. The van der Waals surface area contributed by atoms with E-state index in [9.17, 15) is 30.6 Å². The van der Waals surface area contributed by atoms with E-state index in [0.717, 1.165) is 0 Å². The highest BCUT2D eigenvalue weighted by Gasteiger charge is 2.59. The van der Waals surface area contributed by atoms with E-state index >= 15 is 0 Å². The van der Waals surface area contributed by atoms with Crippen LogP contribution in [0.15, 0.2) is 0 Å². The van der Waals surface area contributed by atoms with Crippen LogP contribution in [0.25, 0.3) is 0 Å². The first-order chi connectivity index (χ1) is 7.82. The minimum Gasteiger partial charge on any atom is -0.387 e. The molecule has 0 aliphatic heterocycles. The van der Waals surface area contributed by atoms with Crippen molar-refractivity contribution in [3.05, 3.63) is 0 Å². The van der Waals surface area contributed by atoms with Crippen LogP contribution in [0, 0.1) is 5.92 Å². The molecule has 0 spiro atoms. The van der Waals surface area contributed by atoms with Crippen molar-refractivity contribution in [1.29, 1.82) is 0 Å². The number of rotatable bonds is 3. The number of hydrogen-bond donors (Lipinski definition) is 6. The summed E-state index contributed by atoms with van der Waals surface area (Å²) in [6.07, 6.45) is -7.48. The average Bonchev–Trinajstić information content (AvgIpc) is 2.33. The molecule has 0 amide bonds. The standard InChI is InChI=1S/C11H22O6/c1-3-5(4-2)11(17)9(15)7(13)6(12)8(14)10(11)16/h5-10,12-17H,3-4H2,1-2H3/t6?,7-,8+,9-,10-,11?/m1/s1. The molecule has 0 saturated heterocycles. The van der Waals surface area contributed by atoms with Crippen LogP contribution in [0.3, 0.4) is 0 Å². The van der Waals surface area contributed by atoms with Crippen molar-refractivity contribution in [2.45, 2.75) is 62.8 Å². The van der Waals surface area contributed by atoms with Gasteiger partial charge in [-0.05, 0) is 5.92 Å². The molecule has 6 nitrogen and oxygen atoms in total. The van der Waals surface area contributed by atoms with E-state index in [1.807, 2.05) is 0 Å². The fraction of sp³-hybridized carbons (Fsp3) is 1.00. The highest BCUT2D eigenvalue weighted by Crippen LogP contribution is 2.38. The van der Waals surface area contributed by atoms with Crippen molar-refractivity contribution in [2.24, 2.45) is 5.92 Å². The summed E-state index contributed by atoms with van der Waals surface area (Å²) in [7, 11) is 0. The van der Waals surface area contributed by atoms with Gasteiger partial charge in [-0.2, -0.15) is 0 Å². The number of aliphatic hydroxyl groups is 6. The normalized spacial score (nSPS) is 47.5. The topological polar surface area (TPSA) is 121 Å². The molecule has 17 heavy (non-hydrogen) atoms. The van der Waals surface area contributed by atoms with E-state index in [0.29, 0.717) is 12.8 Å². The second kappa shape index (κ2) is 5.17. The first-order valence-corrected chi connectivity index (χ1v) is 5.94. The molecule has 6 heteroatoms. The monoisotopic (exact) mass is 250 g/mol. The smallest absolute Gasteiger partial charge is 0.124 e. The van der Waals surface area contributed by atoms with Gasteiger partial charge in [0.15, 0.2) is 0 Å². The first-order valence-electron chi connectivity index (χ1n) is 5.94. The van der Waals surface area contributed by atoms with Crippen molar-refractivity contribution < 1.29 is 30.6 Å². The van der Waals surface area contributed by atoms with Gasteiger partial charge in [-0.25, -0.2) is 0 Å². The van der Waals surface area contributed by atoms with Gasteiger partial charge in [-0.3, -0.25) is 0 Å². The lowest BCUT2D eigenvalue weighted by atomic mass is 9.67. The van der Waals surface area contributed by atoms with Gasteiger partial charge in [-0.15, -0.1) is 0 Å². The Balaban J connectivity index is 3.10. The van der Waals surface area contributed by atoms with E-state index < -0.39 is 42.0 Å². The molecule has 1 saturated carbocycles. The average molecular weight is 250 g/mol.